The minimum atomic E-state index is -0.948. The zero-order valence-corrected chi connectivity index (χ0v) is 20.5. The van der Waals surface area contributed by atoms with Gasteiger partial charge in [-0.1, -0.05) is 63.8 Å². The summed E-state index contributed by atoms with van der Waals surface area (Å²) in [4.78, 5) is 21.6. The zero-order chi connectivity index (χ0) is 25.3. The van der Waals surface area contributed by atoms with Crippen LogP contribution < -0.4 is 9.47 Å². The second-order valence-corrected chi connectivity index (χ2v) is 7.81. The van der Waals surface area contributed by atoms with Crippen molar-refractivity contribution in [3.8, 4) is 11.5 Å². The lowest BCUT2D eigenvalue weighted by Crippen LogP contribution is -2.08. The number of carbonyl (C=O) groups is 2. The van der Waals surface area contributed by atoms with Gasteiger partial charge in [0.1, 0.15) is 11.5 Å². The molecule has 2 aromatic carbocycles. The molecule has 0 aliphatic heterocycles. The van der Waals surface area contributed by atoms with E-state index in [4.69, 9.17) is 14.6 Å². The van der Waals surface area contributed by atoms with Crippen molar-refractivity contribution in [1.82, 2.24) is 0 Å². The van der Waals surface area contributed by atoms with E-state index < -0.39 is 11.9 Å². The van der Waals surface area contributed by atoms with Crippen molar-refractivity contribution in [3.63, 3.8) is 0 Å². The molecule has 0 aliphatic carbocycles. The van der Waals surface area contributed by atoms with Crippen LogP contribution in [-0.4, -0.2) is 36.4 Å². The van der Waals surface area contributed by atoms with Gasteiger partial charge in [0.25, 0.3) is 0 Å². The third kappa shape index (κ3) is 11.4. The predicted molar refractivity (Wildman–Crippen MR) is 136 cm³/mol. The molecule has 184 valence electrons. The molecule has 0 bridgehead atoms. The smallest absolute Gasteiger partial charge is 0.331 e. The lowest BCUT2D eigenvalue weighted by molar-refractivity contribution is -0.133. The molecule has 1 atom stereocenters. The number of aliphatic carboxylic acids is 2. The van der Waals surface area contributed by atoms with Gasteiger partial charge in [-0.05, 0) is 59.9 Å². The van der Waals surface area contributed by atoms with E-state index in [-0.39, 0.29) is 0 Å². The fourth-order valence-corrected chi connectivity index (χ4v) is 3.25. The van der Waals surface area contributed by atoms with Crippen LogP contribution in [0.5, 0.6) is 11.5 Å². The van der Waals surface area contributed by atoms with Gasteiger partial charge < -0.3 is 19.7 Å². The molecular formula is C28H36O6. The highest BCUT2D eigenvalue weighted by Gasteiger charge is 2.14. The maximum absolute atomic E-state index is 11.5. The number of hydrogen-bond donors (Lipinski definition) is 2. The van der Waals surface area contributed by atoms with Gasteiger partial charge in [-0.25, -0.2) is 9.59 Å². The standard InChI is InChI=1S/C18H26O3.C10H10O3/c1-4-6-7-14(5-2)12-16(18(19)20)13-15-8-10-17(21-3)11-9-15;1-13-9-5-2-8(3-6-9)4-7-10(11)12/h8-11,13-14H,4-7,12H2,1-3H3,(H,19,20);2-7H,1H3,(H,11,12). The largest absolute Gasteiger partial charge is 0.497 e. The highest BCUT2D eigenvalue weighted by atomic mass is 16.5. The molecule has 6 heteroatoms. The summed E-state index contributed by atoms with van der Waals surface area (Å²) in [5, 5.41) is 17.8. The summed E-state index contributed by atoms with van der Waals surface area (Å²) in [6, 6.07) is 14.6. The number of benzene rings is 2. The predicted octanol–water partition coefficient (Wildman–Crippen LogP) is 6.56. The van der Waals surface area contributed by atoms with E-state index in [1.54, 1.807) is 44.6 Å². The Labute approximate surface area is 202 Å². The summed E-state index contributed by atoms with van der Waals surface area (Å²) < 4.78 is 10.1. The maximum atomic E-state index is 11.5. The normalized spacial score (nSPS) is 11.9. The lowest BCUT2D eigenvalue weighted by atomic mass is 9.91. The second-order valence-electron chi connectivity index (χ2n) is 7.81. The molecular weight excluding hydrogens is 432 g/mol. The molecule has 0 saturated heterocycles. The van der Waals surface area contributed by atoms with Gasteiger partial charge in [0.2, 0.25) is 0 Å². The Bertz CT molecular complexity index is 926. The van der Waals surface area contributed by atoms with E-state index >= 15 is 0 Å². The van der Waals surface area contributed by atoms with E-state index in [0.29, 0.717) is 17.9 Å². The summed E-state index contributed by atoms with van der Waals surface area (Å²) in [7, 11) is 3.20. The minimum Gasteiger partial charge on any atom is -0.497 e. The summed E-state index contributed by atoms with van der Waals surface area (Å²) in [6.07, 6.45) is 9.47. The number of unbranched alkanes of at least 4 members (excludes halogenated alkanes) is 1. The van der Waals surface area contributed by atoms with Crippen LogP contribution >= 0.6 is 0 Å². The van der Waals surface area contributed by atoms with Crippen molar-refractivity contribution < 1.29 is 29.3 Å². The molecule has 0 aliphatic rings. The van der Waals surface area contributed by atoms with Gasteiger partial charge in [-0.15, -0.1) is 0 Å². The van der Waals surface area contributed by atoms with Gasteiger partial charge in [-0.3, -0.25) is 0 Å². The molecule has 0 heterocycles. The Balaban J connectivity index is 0.000000380. The Hall–Kier alpha value is -3.54. The molecule has 1 unspecified atom stereocenters. The van der Waals surface area contributed by atoms with E-state index in [1.807, 2.05) is 24.3 Å². The Kier molecular flexibility index (Phi) is 13.5. The highest BCUT2D eigenvalue weighted by Crippen LogP contribution is 2.24. The molecule has 34 heavy (non-hydrogen) atoms. The van der Waals surface area contributed by atoms with Crippen molar-refractivity contribution in [1.29, 1.82) is 0 Å². The first-order chi connectivity index (χ1) is 16.3. The average Bonchev–Trinajstić information content (AvgIpc) is 2.85. The van der Waals surface area contributed by atoms with Gasteiger partial charge in [0, 0.05) is 11.6 Å². The number of hydrogen-bond acceptors (Lipinski definition) is 4. The molecule has 0 spiro atoms. The van der Waals surface area contributed by atoms with Crippen molar-refractivity contribution in [2.75, 3.05) is 14.2 Å². The first-order valence-corrected chi connectivity index (χ1v) is 11.5. The number of methoxy groups -OCH3 is 2. The molecule has 0 saturated carbocycles. The fourth-order valence-electron chi connectivity index (χ4n) is 3.25. The van der Waals surface area contributed by atoms with Gasteiger partial charge in [-0.2, -0.15) is 0 Å². The highest BCUT2D eigenvalue weighted by molar-refractivity contribution is 5.92. The fraction of sp³-hybridized carbons (Fsp3) is 0.357. The van der Waals surface area contributed by atoms with Gasteiger partial charge >= 0.3 is 11.9 Å². The quantitative estimate of drug-likeness (QED) is 0.343. The van der Waals surface area contributed by atoms with Crippen LogP contribution in [0.25, 0.3) is 12.2 Å². The lowest BCUT2D eigenvalue weighted by Gasteiger charge is -2.14. The molecule has 0 fully saturated rings. The monoisotopic (exact) mass is 468 g/mol. The van der Waals surface area contributed by atoms with E-state index in [9.17, 15) is 14.7 Å². The summed E-state index contributed by atoms with van der Waals surface area (Å²) in [5.41, 5.74) is 2.23. The topological polar surface area (TPSA) is 93.1 Å². The third-order valence-corrected chi connectivity index (χ3v) is 5.32. The summed E-state index contributed by atoms with van der Waals surface area (Å²) in [6.45, 7) is 4.30. The molecule has 0 radical (unpaired) electrons. The first-order valence-electron chi connectivity index (χ1n) is 11.5. The van der Waals surface area contributed by atoms with E-state index in [0.717, 1.165) is 54.4 Å². The van der Waals surface area contributed by atoms with Gasteiger partial charge in [0.05, 0.1) is 14.2 Å². The maximum Gasteiger partial charge on any atom is 0.331 e. The molecule has 6 nitrogen and oxygen atoms in total. The Morgan fingerprint density at radius 2 is 1.41 bits per heavy atom. The summed E-state index contributed by atoms with van der Waals surface area (Å²) in [5.74, 6) is 0.216. The number of ether oxygens (including phenoxy) is 2. The van der Waals surface area contributed by atoms with Gasteiger partial charge in [0.15, 0.2) is 0 Å². The van der Waals surface area contributed by atoms with Crippen molar-refractivity contribution >= 4 is 24.1 Å². The van der Waals surface area contributed by atoms with E-state index in [2.05, 4.69) is 13.8 Å². The van der Waals surface area contributed by atoms with E-state index in [1.165, 1.54) is 6.08 Å². The van der Waals surface area contributed by atoms with Crippen LogP contribution in [0.15, 0.2) is 60.2 Å². The third-order valence-electron chi connectivity index (χ3n) is 5.32. The van der Waals surface area contributed by atoms with Crippen LogP contribution in [0.4, 0.5) is 0 Å². The number of carboxylic acid groups (broad SMARTS) is 2. The molecule has 2 rings (SSSR count). The molecule has 0 aromatic heterocycles. The molecule has 2 N–H and O–H groups in total. The minimum absolute atomic E-state index is 0.450. The average molecular weight is 469 g/mol. The number of rotatable bonds is 12. The molecule has 0 amide bonds. The van der Waals surface area contributed by atoms with Crippen LogP contribution in [0, 0.1) is 5.92 Å². The van der Waals surface area contributed by atoms with Crippen LogP contribution in [0.1, 0.15) is 57.1 Å². The van der Waals surface area contributed by atoms with Crippen LogP contribution in [-0.2, 0) is 9.59 Å². The van der Waals surface area contributed by atoms with Crippen LogP contribution in [0.2, 0.25) is 0 Å². The zero-order valence-electron chi connectivity index (χ0n) is 20.5. The Morgan fingerprint density at radius 3 is 1.82 bits per heavy atom. The van der Waals surface area contributed by atoms with Crippen molar-refractivity contribution in [2.24, 2.45) is 5.92 Å². The second kappa shape index (κ2) is 16.1. The molecule has 2 aromatic rings. The van der Waals surface area contributed by atoms with Crippen molar-refractivity contribution in [2.45, 2.75) is 46.0 Å². The summed E-state index contributed by atoms with van der Waals surface area (Å²) >= 11 is 0. The van der Waals surface area contributed by atoms with Crippen molar-refractivity contribution in [3.05, 3.63) is 71.3 Å². The number of carboxylic acids is 2. The Morgan fingerprint density at radius 1 is 0.882 bits per heavy atom. The first kappa shape index (κ1) is 28.5. The SMILES string of the molecule is CCCCC(CC)CC(=Cc1ccc(OC)cc1)C(=O)O.COc1ccc(C=CC(=O)O)cc1. The van der Waals surface area contributed by atoms with Crippen LogP contribution in [0.3, 0.4) is 0 Å².